The highest BCUT2D eigenvalue weighted by Crippen LogP contribution is 2.35. The normalized spacial score (nSPS) is 13.6. The Bertz CT molecular complexity index is 640. The van der Waals surface area contributed by atoms with Crippen molar-refractivity contribution in [1.29, 1.82) is 0 Å². The Kier molecular flexibility index (Phi) is 3.67. The molecule has 0 saturated carbocycles. The summed E-state index contributed by atoms with van der Waals surface area (Å²) < 4.78 is 14.1. The van der Waals surface area contributed by atoms with Gasteiger partial charge < -0.3 is 19.8 Å². The van der Waals surface area contributed by atoms with Gasteiger partial charge in [0, 0.05) is 19.0 Å². The number of imidazole rings is 1. The summed E-state index contributed by atoms with van der Waals surface area (Å²) in [4.78, 5) is 4.58. The molecule has 3 rings (SSSR count). The highest BCUT2D eigenvalue weighted by molar-refractivity contribution is 9.10. The molecule has 2 heterocycles. The molecule has 106 valence electrons. The van der Waals surface area contributed by atoms with E-state index in [1.165, 1.54) is 0 Å². The van der Waals surface area contributed by atoms with Crippen LogP contribution in [-0.2, 0) is 13.5 Å². The van der Waals surface area contributed by atoms with Crippen molar-refractivity contribution in [3.05, 3.63) is 28.5 Å². The number of nitrogens with zero attached hydrogens (tertiary/aromatic N) is 2. The van der Waals surface area contributed by atoms with Crippen LogP contribution in [0.4, 0.5) is 0 Å². The molecular formula is C14H16BrN3O2. The SMILES string of the molecule is Cn1c(-c2ccc3c(c2)OCCO3)nc(Br)c1CCN. The predicted molar refractivity (Wildman–Crippen MR) is 80.1 cm³/mol. The monoisotopic (exact) mass is 337 g/mol. The van der Waals surface area contributed by atoms with Crippen LogP contribution in [0.1, 0.15) is 5.69 Å². The summed E-state index contributed by atoms with van der Waals surface area (Å²) in [5, 5.41) is 0. The molecule has 2 N–H and O–H groups in total. The minimum atomic E-state index is 0.582. The van der Waals surface area contributed by atoms with Crippen LogP contribution in [0.2, 0.25) is 0 Å². The summed E-state index contributed by atoms with van der Waals surface area (Å²) in [6.07, 6.45) is 0.786. The number of nitrogens with two attached hydrogens (primary N) is 1. The summed E-state index contributed by atoms with van der Waals surface area (Å²) in [7, 11) is 1.99. The molecule has 5 nitrogen and oxygen atoms in total. The van der Waals surface area contributed by atoms with E-state index in [9.17, 15) is 0 Å². The second-order valence-electron chi connectivity index (χ2n) is 4.63. The molecule has 1 aliphatic rings. The molecule has 0 amide bonds. The van der Waals surface area contributed by atoms with E-state index in [-0.39, 0.29) is 0 Å². The lowest BCUT2D eigenvalue weighted by Crippen LogP contribution is -2.15. The second kappa shape index (κ2) is 5.46. The number of hydrogen-bond donors (Lipinski definition) is 1. The summed E-state index contributed by atoms with van der Waals surface area (Å²) in [6, 6.07) is 5.89. The number of ether oxygens (including phenoxy) is 2. The van der Waals surface area contributed by atoms with E-state index >= 15 is 0 Å². The molecule has 20 heavy (non-hydrogen) atoms. The molecule has 2 aromatic rings. The smallest absolute Gasteiger partial charge is 0.162 e. The average Bonchev–Trinajstić information content (AvgIpc) is 2.75. The van der Waals surface area contributed by atoms with Gasteiger partial charge in [0.15, 0.2) is 11.5 Å². The molecule has 0 atom stereocenters. The van der Waals surface area contributed by atoms with Crippen molar-refractivity contribution in [1.82, 2.24) is 9.55 Å². The maximum Gasteiger partial charge on any atom is 0.162 e. The molecular weight excluding hydrogens is 322 g/mol. The van der Waals surface area contributed by atoms with Gasteiger partial charge in [-0.05, 0) is 40.7 Å². The summed E-state index contributed by atoms with van der Waals surface area (Å²) >= 11 is 3.50. The van der Waals surface area contributed by atoms with Crippen molar-refractivity contribution in [2.75, 3.05) is 19.8 Å². The van der Waals surface area contributed by atoms with Gasteiger partial charge >= 0.3 is 0 Å². The van der Waals surface area contributed by atoms with Gasteiger partial charge in [0.05, 0.1) is 5.69 Å². The van der Waals surface area contributed by atoms with E-state index < -0.39 is 0 Å². The van der Waals surface area contributed by atoms with Gasteiger partial charge in [-0.25, -0.2) is 4.98 Å². The van der Waals surface area contributed by atoms with Crippen molar-refractivity contribution >= 4 is 15.9 Å². The van der Waals surface area contributed by atoms with Gasteiger partial charge in [-0.2, -0.15) is 0 Å². The molecule has 0 radical (unpaired) electrons. The van der Waals surface area contributed by atoms with Gasteiger partial charge in [0.1, 0.15) is 23.6 Å². The fourth-order valence-corrected chi connectivity index (χ4v) is 2.98. The van der Waals surface area contributed by atoms with E-state index in [2.05, 4.69) is 25.5 Å². The number of halogens is 1. The Balaban J connectivity index is 2.03. The molecule has 0 spiro atoms. The fourth-order valence-electron chi connectivity index (χ4n) is 2.35. The van der Waals surface area contributed by atoms with Gasteiger partial charge in [-0.3, -0.25) is 0 Å². The highest BCUT2D eigenvalue weighted by Gasteiger charge is 2.17. The van der Waals surface area contributed by atoms with Crippen LogP contribution in [0.25, 0.3) is 11.4 Å². The third-order valence-electron chi connectivity index (χ3n) is 3.35. The third kappa shape index (κ3) is 2.29. The van der Waals surface area contributed by atoms with Crippen molar-refractivity contribution in [2.24, 2.45) is 12.8 Å². The first-order chi connectivity index (χ1) is 9.70. The summed E-state index contributed by atoms with van der Waals surface area (Å²) in [6.45, 7) is 1.78. The van der Waals surface area contributed by atoms with Crippen LogP contribution < -0.4 is 15.2 Å². The first kappa shape index (κ1) is 13.5. The topological polar surface area (TPSA) is 62.3 Å². The second-order valence-corrected chi connectivity index (χ2v) is 5.38. The number of benzene rings is 1. The highest BCUT2D eigenvalue weighted by atomic mass is 79.9. The van der Waals surface area contributed by atoms with Crippen molar-refractivity contribution < 1.29 is 9.47 Å². The number of hydrogen-bond acceptors (Lipinski definition) is 4. The largest absolute Gasteiger partial charge is 0.486 e. The van der Waals surface area contributed by atoms with Crippen LogP contribution in [-0.4, -0.2) is 29.3 Å². The first-order valence-corrected chi connectivity index (χ1v) is 7.31. The van der Waals surface area contributed by atoms with Crippen LogP contribution in [0, 0.1) is 0 Å². The lowest BCUT2D eigenvalue weighted by molar-refractivity contribution is 0.171. The molecule has 0 saturated heterocycles. The van der Waals surface area contributed by atoms with Crippen LogP contribution in [0.3, 0.4) is 0 Å². The number of aromatic nitrogens is 2. The third-order valence-corrected chi connectivity index (χ3v) is 3.98. The zero-order valence-electron chi connectivity index (χ0n) is 11.2. The molecule has 0 unspecified atom stereocenters. The lowest BCUT2D eigenvalue weighted by Gasteiger charge is -2.18. The molecule has 1 aromatic carbocycles. The molecule has 0 fully saturated rings. The Hall–Kier alpha value is -1.53. The van der Waals surface area contributed by atoms with Crippen LogP contribution >= 0.6 is 15.9 Å². The van der Waals surface area contributed by atoms with Crippen LogP contribution in [0.5, 0.6) is 11.5 Å². The van der Waals surface area contributed by atoms with E-state index in [0.717, 1.165) is 39.6 Å². The van der Waals surface area contributed by atoms with E-state index in [1.54, 1.807) is 0 Å². The molecule has 0 bridgehead atoms. The minimum Gasteiger partial charge on any atom is -0.486 e. The Labute approximate surface area is 125 Å². The standard InChI is InChI=1S/C14H16BrN3O2/c1-18-10(4-5-16)13(15)17-14(18)9-2-3-11-12(8-9)20-7-6-19-11/h2-3,8H,4-7,16H2,1H3. The molecule has 1 aliphatic heterocycles. The first-order valence-electron chi connectivity index (χ1n) is 6.52. The van der Waals surface area contributed by atoms with Gasteiger partial charge in [0.2, 0.25) is 0 Å². The van der Waals surface area contributed by atoms with Gasteiger partial charge in [-0.15, -0.1) is 0 Å². The Morgan fingerprint density at radius 2 is 2.05 bits per heavy atom. The molecule has 0 aliphatic carbocycles. The van der Waals surface area contributed by atoms with E-state index in [0.29, 0.717) is 19.8 Å². The number of rotatable bonds is 3. The van der Waals surface area contributed by atoms with Crippen molar-refractivity contribution in [3.8, 4) is 22.9 Å². The minimum absolute atomic E-state index is 0.582. The maximum atomic E-state index is 5.64. The van der Waals surface area contributed by atoms with Gasteiger partial charge in [-0.1, -0.05) is 0 Å². The molecule has 1 aromatic heterocycles. The summed E-state index contributed by atoms with van der Waals surface area (Å²) in [5.41, 5.74) is 7.73. The summed E-state index contributed by atoms with van der Waals surface area (Å²) in [5.74, 6) is 2.45. The molecule has 6 heteroatoms. The lowest BCUT2D eigenvalue weighted by atomic mass is 10.2. The van der Waals surface area contributed by atoms with Crippen LogP contribution in [0.15, 0.2) is 22.8 Å². The Morgan fingerprint density at radius 3 is 2.80 bits per heavy atom. The number of fused-ring (bicyclic) bond motifs is 1. The fraction of sp³-hybridized carbons (Fsp3) is 0.357. The Morgan fingerprint density at radius 1 is 1.30 bits per heavy atom. The van der Waals surface area contributed by atoms with Crippen molar-refractivity contribution in [3.63, 3.8) is 0 Å². The van der Waals surface area contributed by atoms with Gasteiger partial charge in [0.25, 0.3) is 0 Å². The maximum absolute atomic E-state index is 5.64. The zero-order valence-corrected chi connectivity index (χ0v) is 12.8. The predicted octanol–water partition coefficient (Wildman–Crippen LogP) is 2.12. The zero-order chi connectivity index (χ0) is 14.1. The van der Waals surface area contributed by atoms with E-state index in [1.807, 2.05) is 25.2 Å². The van der Waals surface area contributed by atoms with E-state index in [4.69, 9.17) is 15.2 Å². The van der Waals surface area contributed by atoms with Crippen molar-refractivity contribution in [2.45, 2.75) is 6.42 Å². The average molecular weight is 338 g/mol. The quantitative estimate of drug-likeness (QED) is 0.931.